The van der Waals surface area contributed by atoms with Crippen molar-refractivity contribution >= 4 is 23.7 Å². The lowest BCUT2D eigenvalue weighted by molar-refractivity contribution is -0.0648. The minimum atomic E-state index is -2.46. The van der Waals surface area contributed by atoms with Crippen molar-refractivity contribution in [3.05, 3.63) is 130 Å². The molecule has 4 aromatic rings. The topological polar surface area (TPSA) is 126 Å². The fraction of sp³-hybridized carbons (Fsp3) is 0.194. The number of esters is 2. The summed E-state index contributed by atoms with van der Waals surface area (Å²) in [5.41, 5.74) is -2.59. The van der Waals surface area contributed by atoms with E-state index in [2.05, 4.69) is 10.3 Å². The second-order valence-corrected chi connectivity index (χ2v) is 9.66. The standard InChI is InChI=1S/C31H26FN3O7/c1-31(32)25(42-28(38)22-15-9-4-10-16-22)23(19-40-27(37)21-13-7-3-8-14-21)41-29(31)35-18-17-24(34-30(35)39)33-26(36)20-11-5-2-6-12-20/h2-18,23,25,29H,19H2,1H3,(H,33,34,36,39)/t23-,25+,29-,31-/m0/s1. The van der Waals surface area contributed by atoms with Gasteiger partial charge < -0.3 is 19.5 Å². The Labute approximate surface area is 239 Å². The molecular formula is C31H26FN3O7. The maximum Gasteiger partial charge on any atom is 0.351 e. The zero-order chi connectivity index (χ0) is 29.7. The van der Waals surface area contributed by atoms with Crippen LogP contribution < -0.4 is 11.0 Å². The molecule has 1 aliphatic heterocycles. The highest BCUT2D eigenvalue weighted by atomic mass is 19.1. The first-order valence-corrected chi connectivity index (χ1v) is 13.0. The molecule has 0 radical (unpaired) electrons. The Morgan fingerprint density at radius 1 is 0.881 bits per heavy atom. The van der Waals surface area contributed by atoms with E-state index in [1.54, 1.807) is 78.9 Å². The molecule has 3 aromatic carbocycles. The van der Waals surface area contributed by atoms with Gasteiger partial charge in [0.15, 0.2) is 18.0 Å². The molecule has 4 atom stereocenters. The number of nitrogens with one attached hydrogen (secondary N) is 1. The van der Waals surface area contributed by atoms with Gasteiger partial charge in [-0.05, 0) is 49.4 Å². The second kappa shape index (κ2) is 12.1. The maximum absolute atomic E-state index is 16.5. The zero-order valence-electron chi connectivity index (χ0n) is 22.4. The lowest BCUT2D eigenvalue weighted by atomic mass is 9.98. The summed E-state index contributed by atoms with van der Waals surface area (Å²) in [6.45, 7) is 0.654. The molecule has 5 rings (SSSR count). The minimum absolute atomic E-state index is 0.0518. The third-order valence-corrected chi connectivity index (χ3v) is 6.67. The molecule has 42 heavy (non-hydrogen) atoms. The molecule has 11 heteroatoms. The molecular weight excluding hydrogens is 545 g/mol. The number of carbonyl (C=O) groups is 3. The molecule has 1 saturated heterocycles. The summed E-state index contributed by atoms with van der Waals surface area (Å²) in [5, 5.41) is 2.52. The molecule has 0 spiro atoms. The number of amides is 1. The van der Waals surface area contributed by atoms with E-state index in [4.69, 9.17) is 14.2 Å². The van der Waals surface area contributed by atoms with Crippen LogP contribution in [0.4, 0.5) is 10.2 Å². The summed E-state index contributed by atoms with van der Waals surface area (Å²) < 4.78 is 34.2. The summed E-state index contributed by atoms with van der Waals surface area (Å²) in [7, 11) is 0. The van der Waals surface area contributed by atoms with E-state index in [-0.39, 0.29) is 16.9 Å². The largest absolute Gasteiger partial charge is 0.459 e. The van der Waals surface area contributed by atoms with Crippen molar-refractivity contribution in [1.82, 2.24) is 9.55 Å². The van der Waals surface area contributed by atoms with Crippen LogP contribution in [0.2, 0.25) is 0 Å². The van der Waals surface area contributed by atoms with Crippen molar-refractivity contribution in [3.63, 3.8) is 0 Å². The lowest BCUT2D eigenvalue weighted by Crippen LogP contribution is -2.45. The fourth-order valence-corrected chi connectivity index (χ4v) is 4.54. The van der Waals surface area contributed by atoms with Gasteiger partial charge in [0.1, 0.15) is 18.5 Å². The predicted octanol–water partition coefficient (Wildman–Crippen LogP) is 4.20. The average Bonchev–Trinajstić information content (AvgIpc) is 3.25. The van der Waals surface area contributed by atoms with Gasteiger partial charge >= 0.3 is 17.6 Å². The highest BCUT2D eigenvalue weighted by molar-refractivity contribution is 6.03. The molecule has 1 aliphatic rings. The summed E-state index contributed by atoms with van der Waals surface area (Å²) in [6, 6.07) is 25.8. The summed E-state index contributed by atoms with van der Waals surface area (Å²) in [5.74, 6) is -2.05. The summed E-state index contributed by atoms with van der Waals surface area (Å²) in [4.78, 5) is 54.8. The van der Waals surface area contributed by atoms with Crippen LogP contribution in [0, 0.1) is 0 Å². The smallest absolute Gasteiger partial charge is 0.351 e. The SMILES string of the molecule is C[C@]1(F)[C@H](OC(=O)c2ccccc2)[C@H](COC(=O)c2ccccc2)O[C@@H]1n1ccc(NC(=O)c2ccccc2)nc1=O. The molecule has 1 N–H and O–H groups in total. The molecule has 214 valence electrons. The number of hydrogen-bond acceptors (Lipinski definition) is 8. The third-order valence-electron chi connectivity index (χ3n) is 6.67. The van der Waals surface area contributed by atoms with Crippen molar-refractivity contribution in [2.75, 3.05) is 11.9 Å². The highest BCUT2D eigenvalue weighted by Gasteiger charge is 2.58. The number of alkyl halides is 1. The number of benzene rings is 3. The Kier molecular flexibility index (Phi) is 8.21. The van der Waals surface area contributed by atoms with Crippen molar-refractivity contribution in [2.24, 2.45) is 0 Å². The Morgan fingerprint density at radius 2 is 1.43 bits per heavy atom. The molecule has 10 nitrogen and oxygen atoms in total. The lowest BCUT2D eigenvalue weighted by Gasteiger charge is -2.27. The zero-order valence-corrected chi connectivity index (χ0v) is 22.4. The van der Waals surface area contributed by atoms with E-state index in [1.165, 1.54) is 24.4 Å². The van der Waals surface area contributed by atoms with Crippen molar-refractivity contribution in [1.29, 1.82) is 0 Å². The molecule has 1 fully saturated rings. The van der Waals surface area contributed by atoms with E-state index in [0.29, 0.717) is 5.56 Å². The van der Waals surface area contributed by atoms with E-state index in [9.17, 15) is 19.2 Å². The first-order valence-electron chi connectivity index (χ1n) is 13.0. The number of anilines is 1. The van der Waals surface area contributed by atoms with Gasteiger partial charge in [0.05, 0.1) is 11.1 Å². The van der Waals surface area contributed by atoms with Gasteiger partial charge in [-0.15, -0.1) is 0 Å². The normalized spacial score (nSPS) is 21.3. The Bertz CT molecular complexity index is 1630. The van der Waals surface area contributed by atoms with Gasteiger partial charge in [0, 0.05) is 11.8 Å². The Morgan fingerprint density at radius 3 is 2.00 bits per heavy atom. The molecule has 0 aliphatic carbocycles. The van der Waals surface area contributed by atoms with E-state index >= 15 is 4.39 Å². The van der Waals surface area contributed by atoms with Gasteiger partial charge in [-0.3, -0.25) is 9.36 Å². The first-order chi connectivity index (χ1) is 20.2. The van der Waals surface area contributed by atoms with Crippen LogP contribution in [0.25, 0.3) is 0 Å². The van der Waals surface area contributed by atoms with Crippen LogP contribution in [0.15, 0.2) is 108 Å². The molecule has 0 bridgehead atoms. The number of nitrogens with zero attached hydrogens (tertiary/aromatic N) is 2. The highest BCUT2D eigenvalue weighted by Crippen LogP contribution is 2.43. The van der Waals surface area contributed by atoms with Crippen LogP contribution in [-0.4, -0.2) is 51.9 Å². The first kappa shape index (κ1) is 28.4. The van der Waals surface area contributed by atoms with Crippen molar-refractivity contribution < 1.29 is 33.0 Å². The molecule has 2 heterocycles. The number of halogens is 1. The monoisotopic (exact) mass is 571 g/mol. The number of rotatable bonds is 8. The van der Waals surface area contributed by atoms with Crippen LogP contribution in [0.3, 0.4) is 0 Å². The number of ether oxygens (including phenoxy) is 3. The fourth-order valence-electron chi connectivity index (χ4n) is 4.54. The van der Waals surface area contributed by atoms with E-state index < -0.39 is 54.2 Å². The predicted molar refractivity (Wildman–Crippen MR) is 149 cm³/mol. The minimum Gasteiger partial charge on any atom is -0.459 e. The maximum atomic E-state index is 16.5. The van der Waals surface area contributed by atoms with Gasteiger partial charge in [-0.2, -0.15) is 4.98 Å². The summed E-state index contributed by atoms with van der Waals surface area (Å²) >= 11 is 0. The third kappa shape index (κ3) is 6.11. The van der Waals surface area contributed by atoms with Gasteiger partial charge in [-0.25, -0.2) is 18.8 Å². The van der Waals surface area contributed by atoms with Gasteiger partial charge in [0.2, 0.25) is 0 Å². The number of hydrogen-bond donors (Lipinski definition) is 1. The van der Waals surface area contributed by atoms with Crippen molar-refractivity contribution in [3.8, 4) is 0 Å². The molecule has 0 saturated carbocycles. The van der Waals surface area contributed by atoms with Crippen molar-refractivity contribution in [2.45, 2.75) is 31.0 Å². The second-order valence-electron chi connectivity index (χ2n) is 9.66. The average molecular weight is 572 g/mol. The quantitative estimate of drug-likeness (QED) is 0.312. The van der Waals surface area contributed by atoms with Crippen LogP contribution in [0.5, 0.6) is 0 Å². The number of carbonyl (C=O) groups excluding carboxylic acids is 3. The Balaban J connectivity index is 1.39. The van der Waals surface area contributed by atoms with E-state index in [0.717, 1.165) is 11.5 Å². The van der Waals surface area contributed by atoms with Crippen LogP contribution in [-0.2, 0) is 14.2 Å². The van der Waals surface area contributed by atoms with E-state index in [1.807, 2.05) is 0 Å². The van der Waals surface area contributed by atoms with Crippen LogP contribution >= 0.6 is 0 Å². The number of aromatic nitrogens is 2. The summed E-state index contributed by atoms with van der Waals surface area (Å²) in [6.07, 6.45) is -3.23. The van der Waals surface area contributed by atoms with Gasteiger partial charge in [0.25, 0.3) is 5.91 Å². The van der Waals surface area contributed by atoms with Gasteiger partial charge in [-0.1, -0.05) is 54.6 Å². The van der Waals surface area contributed by atoms with Crippen LogP contribution in [0.1, 0.15) is 44.2 Å². The molecule has 1 aromatic heterocycles. The molecule has 1 amide bonds. The Hall–Kier alpha value is -5.16. The molecule has 0 unspecified atom stereocenters.